The molecule has 1 saturated carbocycles. The van der Waals surface area contributed by atoms with Gasteiger partial charge in [-0.25, -0.2) is 0 Å². The van der Waals surface area contributed by atoms with Crippen LogP contribution in [0.3, 0.4) is 0 Å². The molecule has 2 aromatic rings. The van der Waals surface area contributed by atoms with Crippen molar-refractivity contribution in [3.8, 4) is 5.75 Å². The molecule has 0 aliphatic heterocycles. The molecule has 0 bridgehead atoms. The minimum absolute atomic E-state index is 0.0597. The van der Waals surface area contributed by atoms with Crippen LogP contribution in [0.2, 0.25) is 0 Å². The van der Waals surface area contributed by atoms with Crippen LogP contribution >= 0.6 is 0 Å². The monoisotopic (exact) mass is 422 g/mol. The number of hydrogen-bond donors (Lipinski definition) is 0. The van der Waals surface area contributed by atoms with Gasteiger partial charge in [0.2, 0.25) is 0 Å². The van der Waals surface area contributed by atoms with Gasteiger partial charge in [0.1, 0.15) is 24.2 Å². The number of ketones is 3. The normalized spacial score (nSPS) is 20.9. The maximum Gasteiger partial charge on any atom is 0.317 e. The maximum atomic E-state index is 13.0. The zero-order chi connectivity index (χ0) is 22.4. The van der Waals surface area contributed by atoms with E-state index in [-0.39, 0.29) is 19.4 Å². The second-order valence-electron chi connectivity index (χ2n) is 7.51. The van der Waals surface area contributed by atoms with Gasteiger partial charge in [0.25, 0.3) is 0 Å². The average Bonchev–Trinajstić information content (AvgIpc) is 2.78. The van der Waals surface area contributed by atoms with Gasteiger partial charge in [-0.15, -0.1) is 0 Å². The second kappa shape index (κ2) is 10.2. The van der Waals surface area contributed by atoms with Gasteiger partial charge in [0, 0.05) is 18.8 Å². The molecule has 0 N–H and O–H groups in total. The van der Waals surface area contributed by atoms with Crippen LogP contribution in [0.15, 0.2) is 54.6 Å². The first kappa shape index (κ1) is 22.4. The lowest BCUT2D eigenvalue weighted by atomic mass is 9.68. The van der Waals surface area contributed by atoms with E-state index in [0.717, 1.165) is 5.56 Å². The summed E-state index contributed by atoms with van der Waals surface area (Å²) in [7, 11) is 0. The highest BCUT2D eigenvalue weighted by molar-refractivity contribution is 6.25. The van der Waals surface area contributed by atoms with Crippen molar-refractivity contribution in [2.75, 3.05) is 6.61 Å². The fourth-order valence-electron chi connectivity index (χ4n) is 3.91. The molecule has 1 aliphatic rings. The van der Waals surface area contributed by atoms with E-state index in [1.807, 2.05) is 30.3 Å². The molecule has 162 valence electrons. The summed E-state index contributed by atoms with van der Waals surface area (Å²) in [4.78, 5) is 50.4. The predicted molar refractivity (Wildman–Crippen MR) is 113 cm³/mol. The van der Waals surface area contributed by atoms with Gasteiger partial charge in [-0.3, -0.25) is 19.2 Å². The van der Waals surface area contributed by atoms with Gasteiger partial charge in [0.15, 0.2) is 17.3 Å². The zero-order valence-electron chi connectivity index (χ0n) is 17.7. The Hall–Kier alpha value is -3.28. The molecule has 0 saturated heterocycles. The number of rotatable bonds is 8. The minimum atomic E-state index is -1.37. The highest BCUT2D eigenvalue weighted by Crippen LogP contribution is 2.38. The van der Waals surface area contributed by atoms with Crippen LogP contribution < -0.4 is 4.74 Å². The van der Waals surface area contributed by atoms with Crippen LogP contribution in [0.25, 0.3) is 0 Å². The molecule has 2 aromatic carbocycles. The number of carbonyl (C=O) groups is 4. The number of benzene rings is 2. The van der Waals surface area contributed by atoms with E-state index in [2.05, 4.69) is 0 Å². The van der Waals surface area contributed by atoms with Crippen molar-refractivity contribution in [3.05, 3.63) is 65.7 Å². The quantitative estimate of drug-likeness (QED) is 0.477. The zero-order valence-corrected chi connectivity index (χ0v) is 17.7. The summed E-state index contributed by atoms with van der Waals surface area (Å²) in [6.45, 7) is 3.77. The third kappa shape index (κ3) is 5.08. The molecule has 6 heteroatoms. The molecule has 3 rings (SSSR count). The first-order chi connectivity index (χ1) is 15.0. The van der Waals surface area contributed by atoms with Crippen LogP contribution in [0.1, 0.15) is 43.7 Å². The topological polar surface area (TPSA) is 86.7 Å². The van der Waals surface area contributed by atoms with Crippen LogP contribution in [0.5, 0.6) is 5.75 Å². The molecular weight excluding hydrogens is 396 g/mol. The average molecular weight is 422 g/mol. The Labute approximate surface area is 181 Å². The Morgan fingerprint density at radius 3 is 2.26 bits per heavy atom. The summed E-state index contributed by atoms with van der Waals surface area (Å²) in [6, 6.07) is 16.7. The Morgan fingerprint density at radius 1 is 0.968 bits per heavy atom. The van der Waals surface area contributed by atoms with Crippen molar-refractivity contribution >= 4 is 23.3 Å². The summed E-state index contributed by atoms with van der Waals surface area (Å²) >= 11 is 0. The van der Waals surface area contributed by atoms with E-state index in [1.54, 1.807) is 38.1 Å². The van der Waals surface area contributed by atoms with Crippen LogP contribution in [-0.4, -0.2) is 29.9 Å². The van der Waals surface area contributed by atoms with E-state index >= 15 is 0 Å². The highest BCUT2D eigenvalue weighted by atomic mass is 16.5. The summed E-state index contributed by atoms with van der Waals surface area (Å²) in [5, 5.41) is 0. The lowest BCUT2D eigenvalue weighted by molar-refractivity contribution is -0.157. The van der Waals surface area contributed by atoms with Crippen LogP contribution in [0, 0.1) is 11.8 Å². The molecule has 31 heavy (non-hydrogen) atoms. The van der Waals surface area contributed by atoms with Crippen molar-refractivity contribution < 1.29 is 28.7 Å². The van der Waals surface area contributed by atoms with Gasteiger partial charge in [-0.1, -0.05) is 49.4 Å². The second-order valence-corrected chi connectivity index (χ2v) is 7.51. The van der Waals surface area contributed by atoms with E-state index in [4.69, 9.17) is 9.47 Å². The number of ether oxygens (including phenoxy) is 2. The van der Waals surface area contributed by atoms with Gasteiger partial charge in [-0.05, 0) is 30.2 Å². The number of esters is 1. The first-order valence-electron chi connectivity index (χ1n) is 10.5. The third-order valence-electron chi connectivity index (χ3n) is 5.50. The fourth-order valence-corrected chi connectivity index (χ4v) is 3.91. The predicted octanol–water partition coefficient (Wildman–Crippen LogP) is 3.67. The van der Waals surface area contributed by atoms with Gasteiger partial charge < -0.3 is 9.47 Å². The number of hydrogen-bond acceptors (Lipinski definition) is 6. The molecule has 6 nitrogen and oxygen atoms in total. The van der Waals surface area contributed by atoms with Gasteiger partial charge >= 0.3 is 5.97 Å². The number of Topliss-reactive ketones (excluding diaryl/α,β-unsaturated/α-hetero) is 3. The molecule has 1 aliphatic carbocycles. The maximum absolute atomic E-state index is 13.0. The summed E-state index contributed by atoms with van der Waals surface area (Å²) in [6.07, 6.45) is 0.00561. The molecular formula is C25H26O6. The smallest absolute Gasteiger partial charge is 0.317 e. The van der Waals surface area contributed by atoms with E-state index in [0.29, 0.717) is 17.9 Å². The first-order valence-corrected chi connectivity index (χ1v) is 10.5. The summed E-state index contributed by atoms with van der Waals surface area (Å²) in [5.41, 5.74) is 1.69. The van der Waals surface area contributed by atoms with E-state index in [9.17, 15) is 19.2 Å². The molecule has 0 spiro atoms. The van der Waals surface area contributed by atoms with Crippen molar-refractivity contribution in [1.82, 2.24) is 0 Å². The fraction of sp³-hybridized carbons (Fsp3) is 0.360. The van der Waals surface area contributed by atoms with Gasteiger partial charge in [-0.2, -0.15) is 0 Å². The lowest BCUT2D eigenvalue weighted by Gasteiger charge is -2.32. The van der Waals surface area contributed by atoms with Crippen LogP contribution in [-0.2, 0) is 30.5 Å². The minimum Gasteiger partial charge on any atom is -0.489 e. The molecule has 0 radical (unpaired) electrons. The van der Waals surface area contributed by atoms with Gasteiger partial charge in [0.05, 0.1) is 6.61 Å². The van der Waals surface area contributed by atoms with E-state index in [1.165, 1.54) is 0 Å². The lowest BCUT2D eigenvalue weighted by Crippen LogP contribution is -2.47. The van der Waals surface area contributed by atoms with E-state index < -0.39 is 41.1 Å². The third-order valence-corrected chi connectivity index (χ3v) is 5.50. The number of carbonyl (C=O) groups excluding carboxylic acids is 4. The standard InChI is InChI=1S/C25H26O6/c1-3-20(26)23-21(27)14-19(22(24(23)28)25(29)30-4-2)17-10-12-18(13-11-17)31-15-16-8-6-5-7-9-16/h5-13,19,22-23H,3-4,14-15H2,1-2H3. The molecule has 0 aromatic heterocycles. The molecule has 0 amide bonds. The van der Waals surface area contributed by atoms with Crippen molar-refractivity contribution in [2.24, 2.45) is 11.8 Å². The van der Waals surface area contributed by atoms with Crippen LogP contribution in [0.4, 0.5) is 0 Å². The Kier molecular flexibility index (Phi) is 7.34. The molecule has 3 atom stereocenters. The van der Waals surface area contributed by atoms with Crippen molar-refractivity contribution in [2.45, 2.75) is 39.2 Å². The Morgan fingerprint density at radius 2 is 1.65 bits per heavy atom. The van der Waals surface area contributed by atoms with Crippen molar-refractivity contribution in [1.29, 1.82) is 0 Å². The summed E-state index contributed by atoms with van der Waals surface area (Å²) in [5.74, 6) is -4.81. The molecule has 0 heterocycles. The Bertz CT molecular complexity index is 948. The summed E-state index contributed by atoms with van der Waals surface area (Å²) < 4.78 is 10.9. The SMILES string of the molecule is CCOC(=O)C1C(=O)C(C(=O)CC)C(=O)CC1c1ccc(OCc2ccccc2)cc1. The largest absolute Gasteiger partial charge is 0.489 e. The highest BCUT2D eigenvalue weighted by Gasteiger charge is 2.50. The molecule has 1 fully saturated rings. The Balaban J connectivity index is 1.81. The van der Waals surface area contributed by atoms with Crippen molar-refractivity contribution in [3.63, 3.8) is 0 Å². The molecule has 3 unspecified atom stereocenters.